The van der Waals surface area contributed by atoms with Crippen molar-refractivity contribution in [2.45, 2.75) is 19.4 Å². The smallest absolute Gasteiger partial charge is 0.191 e. The lowest BCUT2D eigenvalue weighted by Gasteiger charge is -2.12. The van der Waals surface area contributed by atoms with Crippen LogP contribution >= 0.6 is 0 Å². The zero-order valence-corrected chi connectivity index (χ0v) is 11.7. The lowest BCUT2D eigenvalue weighted by Crippen LogP contribution is -2.38. The molecule has 0 aromatic carbocycles. The third kappa shape index (κ3) is 4.90. The van der Waals surface area contributed by atoms with Crippen LogP contribution in [0.5, 0.6) is 0 Å². The number of ether oxygens (including phenoxy) is 1. The summed E-state index contributed by atoms with van der Waals surface area (Å²) >= 11 is 0. The normalized spacial score (nSPS) is 15.6. The van der Waals surface area contributed by atoms with Gasteiger partial charge in [0.15, 0.2) is 5.96 Å². The van der Waals surface area contributed by atoms with Gasteiger partial charge in [-0.1, -0.05) is 0 Å². The Morgan fingerprint density at radius 3 is 3.00 bits per heavy atom. The Bertz CT molecular complexity index is 411. The van der Waals surface area contributed by atoms with Crippen molar-refractivity contribution < 1.29 is 4.74 Å². The van der Waals surface area contributed by atoms with E-state index in [1.807, 2.05) is 17.8 Å². The van der Waals surface area contributed by atoms with E-state index in [1.54, 1.807) is 13.2 Å². The number of rotatable bonds is 7. The molecule has 0 radical (unpaired) electrons. The highest BCUT2D eigenvalue weighted by Crippen LogP contribution is 2.28. The summed E-state index contributed by atoms with van der Waals surface area (Å²) in [6, 6.07) is 1.99. The van der Waals surface area contributed by atoms with Crippen molar-refractivity contribution in [2.75, 3.05) is 26.8 Å². The zero-order chi connectivity index (χ0) is 13.5. The second-order valence-electron chi connectivity index (χ2n) is 4.82. The summed E-state index contributed by atoms with van der Waals surface area (Å²) in [4.78, 5) is 4.17. The van der Waals surface area contributed by atoms with Crippen molar-refractivity contribution in [2.24, 2.45) is 18.0 Å². The molecule has 1 heterocycles. The van der Waals surface area contributed by atoms with Gasteiger partial charge in [-0.15, -0.1) is 0 Å². The number of nitrogens with one attached hydrogen (secondary N) is 2. The summed E-state index contributed by atoms with van der Waals surface area (Å²) in [6.45, 7) is 3.11. The van der Waals surface area contributed by atoms with Crippen LogP contribution in [0.3, 0.4) is 0 Å². The third-order valence-electron chi connectivity index (χ3n) is 3.17. The van der Waals surface area contributed by atoms with E-state index in [-0.39, 0.29) is 0 Å². The quantitative estimate of drug-likeness (QED) is 0.428. The molecular weight excluding hydrogens is 242 g/mol. The number of hydrogen-bond acceptors (Lipinski definition) is 3. The van der Waals surface area contributed by atoms with Gasteiger partial charge in [0.25, 0.3) is 0 Å². The van der Waals surface area contributed by atoms with Crippen molar-refractivity contribution in [3.63, 3.8) is 0 Å². The third-order valence-corrected chi connectivity index (χ3v) is 3.17. The van der Waals surface area contributed by atoms with Crippen LogP contribution in [0.1, 0.15) is 18.5 Å². The molecule has 0 saturated heterocycles. The summed E-state index contributed by atoms with van der Waals surface area (Å²) < 4.78 is 7.41. The topological polar surface area (TPSA) is 63.5 Å². The van der Waals surface area contributed by atoms with Gasteiger partial charge in [0.1, 0.15) is 0 Å². The van der Waals surface area contributed by atoms with Crippen LogP contribution in [-0.4, -0.2) is 42.5 Å². The van der Waals surface area contributed by atoms with Gasteiger partial charge in [-0.25, -0.2) is 0 Å². The first-order valence-corrected chi connectivity index (χ1v) is 6.78. The molecule has 6 heteroatoms. The van der Waals surface area contributed by atoms with Crippen molar-refractivity contribution in [3.8, 4) is 0 Å². The second kappa shape index (κ2) is 7.13. The van der Waals surface area contributed by atoms with Crippen molar-refractivity contribution in [1.82, 2.24) is 20.4 Å². The maximum atomic E-state index is 5.56. The summed E-state index contributed by atoms with van der Waals surface area (Å²) in [7, 11) is 3.70. The summed E-state index contributed by atoms with van der Waals surface area (Å²) in [5, 5.41) is 10.6. The Morgan fingerprint density at radius 1 is 1.53 bits per heavy atom. The minimum Gasteiger partial charge on any atom is -0.379 e. The Hall–Kier alpha value is -1.56. The number of hydrogen-bond donors (Lipinski definition) is 2. The molecule has 2 rings (SSSR count). The highest BCUT2D eigenvalue weighted by atomic mass is 16.5. The van der Waals surface area contributed by atoms with Crippen LogP contribution in [0.4, 0.5) is 0 Å². The predicted octanol–water partition coefficient (Wildman–Crippen LogP) is 0.512. The van der Waals surface area contributed by atoms with Crippen LogP contribution in [0, 0.1) is 5.92 Å². The van der Waals surface area contributed by atoms with Gasteiger partial charge in [-0.2, -0.15) is 5.10 Å². The highest BCUT2D eigenvalue weighted by Gasteiger charge is 2.20. The summed E-state index contributed by atoms with van der Waals surface area (Å²) in [5.74, 6) is 1.61. The molecule has 0 aliphatic heterocycles. The van der Waals surface area contributed by atoms with Crippen molar-refractivity contribution >= 4 is 5.96 Å². The van der Waals surface area contributed by atoms with E-state index in [0.717, 1.165) is 37.3 Å². The van der Waals surface area contributed by atoms with Gasteiger partial charge in [0.05, 0.1) is 18.8 Å². The molecule has 19 heavy (non-hydrogen) atoms. The molecule has 0 amide bonds. The molecule has 1 saturated carbocycles. The largest absolute Gasteiger partial charge is 0.379 e. The maximum Gasteiger partial charge on any atom is 0.191 e. The van der Waals surface area contributed by atoms with Gasteiger partial charge in [-0.05, 0) is 24.8 Å². The van der Waals surface area contributed by atoms with Gasteiger partial charge >= 0.3 is 0 Å². The minimum atomic E-state index is 0.707. The number of guanidine groups is 1. The SMILES string of the molecule is CN=C(NCCOCC1CC1)NCc1ccnn1C. The standard InChI is InChI=1S/C13H23N5O/c1-14-13(15-7-8-19-10-11-3-4-11)16-9-12-5-6-17-18(12)2/h5-6,11H,3-4,7-10H2,1-2H3,(H2,14,15,16). The predicted molar refractivity (Wildman–Crippen MR) is 75.0 cm³/mol. The molecule has 0 spiro atoms. The van der Waals surface area contributed by atoms with E-state index in [0.29, 0.717) is 6.54 Å². The lowest BCUT2D eigenvalue weighted by molar-refractivity contribution is 0.129. The molecule has 0 bridgehead atoms. The molecule has 1 aromatic heterocycles. The molecule has 0 unspecified atom stereocenters. The van der Waals surface area contributed by atoms with Crippen LogP contribution in [0.2, 0.25) is 0 Å². The monoisotopic (exact) mass is 265 g/mol. The Balaban J connectivity index is 1.58. The van der Waals surface area contributed by atoms with Crippen molar-refractivity contribution in [1.29, 1.82) is 0 Å². The number of nitrogens with zero attached hydrogens (tertiary/aromatic N) is 3. The number of aliphatic imine (C=N–C) groups is 1. The maximum absolute atomic E-state index is 5.56. The van der Waals surface area contributed by atoms with E-state index >= 15 is 0 Å². The minimum absolute atomic E-state index is 0.707. The molecule has 6 nitrogen and oxygen atoms in total. The molecule has 0 atom stereocenters. The van der Waals surface area contributed by atoms with Crippen LogP contribution in [-0.2, 0) is 18.3 Å². The van der Waals surface area contributed by atoms with E-state index in [9.17, 15) is 0 Å². The van der Waals surface area contributed by atoms with Crippen LogP contribution < -0.4 is 10.6 Å². The molecule has 2 N–H and O–H groups in total. The Morgan fingerprint density at radius 2 is 2.37 bits per heavy atom. The summed E-state index contributed by atoms with van der Waals surface area (Å²) in [5.41, 5.74) is 1.12. The first kappa shape index (κ1) is 13.9. The highest BCUT2D eigenvalue weighted by molar-refractivity contribution is 5.79. The van der Waals surface area contributed by atoms with Gasteiger partial charge < -0.3 is 15.4 Å². The first-order chi connectivity index (χ1) is 9.29. The van der Waals surface area contributed by atoms with Crippen LogP contribution in [0.15, 0.2) is 17.3 Å². The average Bonchev–Trinajstić information content (AvgIpc) is 3.15. The fraction of sp³-hybridized carbons (Fsp3) is 0.692. The molecule has 106 valence electrons. The van der Waals surface area contributed by atoms with E-state index in [2.05, 4.69) is 20.7 Å². The van der Waals surface area contributed by atoms with Gasteiger partial charge in [-0.3, -0.25) is 9.67 Å². The molecule has 1 aromatic rings. The van der Waals surface area contributed by atoms with Gasteiger partial charge in [0.2, 0.25) is 0 Å². The fourth-order valence-corrected chi connectivity index (χ4v) is 1.75. The average molecular weight is 265 g/mol. The lowest BCUT2D eigenvalue weighted by atomic mass is 10.4. The molecular formula is C13H23N5O. The molecule has 1 fully saturated rings. The fourth-order valence-electron chi connectivity index (χ4n) is 1.75. The Kier molecular flexibility index (Phi) is 5.20. The number of aromatic nitrogens is 2. The number of aryl methyl sites for hydroxylation is 1. The zero-order valence-electron chi connectivity index (χ0n) is 11.7. The molecule has 1 aliphatic carbocycles. The molecule has 1 aliphatic rings. The van der Waals surface area contributed by atoms with E-state index < -0.39 is 0 Å². The summed E-state index contributed by atoms with van der Waals surface area (Å²) in [6.07, 6.45) is 4.46. The van der Waals surface area contributed by atoms with E-state index in [4.69, 9.17) is 4.74 Å². The first-order valence-electron chi connectivity index (χ1n) is 6.78. The second-order valence-corrected chi connectivity index (χ2v) is 4.82. The van der Waals surface area contributed by atoms with Crippen molar-refractivity contribution in [3.05, 3.63) is 18.0 Å². The van der Waals surface area contributed by atoms with Crippen LogP contribution in [0.25, 0.3) is 0 Å². The van der Waals surface area contributed by atoms with E-state index in [1.165, 1.54) is 12.8 Å². The van der Waals surface area contributed by atoms with Gasteiger partial charge in [0, 0.05) is 33.4 Å². The Labute approximate surface area is 114 Å².